The second-order valence-electron chi connectivity index (χ2n) is 8.95. The van der Waals surface area contributed by atoms with Crippen LogP contribution in [0.4, 0.5) is 22.7 Å². The molecular weight excluding hydrogens is 404 g/mol. The quantitative estimate of drug-likeness (QED) is 0.301. The zero-order chi connectivity index (χ0) is 22.1. The Bertz CT molecular complexity index is 1530. The molecule has 1 aromatic heterocycles. The fourth-order valence-electron chi connectivity index (χ4n) is 5.72. The van der Waals surface area contributed by atoms with Crippen LogP contribution in [-0.4, -0.2) is 15.7 Å². The number of fused-ring (bicyclic) bond motifs is 6. The average Bonchev–Trinajstić information content (AvgIpc) is 3.47. The summed E-state index contributed by atoms with van der Waals surface area (Å²) in [5.41, 5.74) is 11.2. The summed E-state index contributed by atoms with van der Waals surface area (Å²) >= 11 is 0. The molecule has 33 heavy (non-hydrogen) atoms. The Morgan fingerprint density at radius 3 is 2.24 bits per heavy atom. The van der Waals surface area contributed by atoms with E-state index < -0.39 is 0 Å². The summed E-state index contributed by atoms with van der Waals surface area (Å²) < 4.78 is 2.34. The van der Waals surface area contributed by atoms with Gasteiger partial charge in [-0.3, -0.25) is 4.57 Å². The van der Waals surface area contributed by atoms with Gasteiger partial charge in [0, 0.05) is 17.7 Å². The van der Waals surface area contributed by atoms with Gasteiger partial charge in [-0.1, -0.05) is 48.5 Å². The van der Waals surface area contributed by atoms with E-state index in [1.165, 1.54) is 45.1 Å². The van der Waals surface area contributed by atoms with Crippen molar-refractivity contribution in [1.29, 1.82) is 0 Å². The van der Waals surface area contributed by atoms with Crippen LogP contribution in [0.15, 0.2) is 91.0 Å². The number of rotatable bonds is 2. The molecule has 2 aliphatic rings. The highest BCUT2D eigenvalue weighted by Crippen LogP contribution is 2.51. The van der Waals surface area contributed by atoms with Gasteiger partial charge >= 0.3 is 0 Å². The molecule has 0 N–H and O–H groups in total. The molecule has 0 aliphatic carbocycles. The normalized spacial score (nSPS) is 16.2. The van der Waals surface area contributed by atoms with Gasteiger partial charge in [-0.05, 0) is 61.9 Å². The van der Waals surface area contributed by atoms with E-state index in [1.54, 1.807) is 0 Å². The van der Waals surface area contributed by atoms with Crippen LogP contribution in [0.1, 0.15) is 23.9 Å². The number of aryl methyl sites for hydroxylation is 1. The summed E-state index contributed by atoms with van der Waals surface area (Å²) in [4.78, 5) is 9.93. The third-order valence-corrected chi connectivity index (χ3v) is 7.09. The van der Waals surface area contributed by atoms with Gasteiger partial charge in [0.15, 0.2) is 0 Å². The highest BCUT2D eigenvalue weighted by Gasteiger charge is 2.38. The molecule has 2 aliphatic heterocycles. The maximum atomic E-state index is 4.97. The van der Waals surface area contributed by atoms with Crippen LogP contribution in [-0.2, 0) is 6.42 Å². The monoisotopic (exact) mass is 428 g/mol. The van der Waals surface area contributed by atoms with Crippen LogP contribution in [0.25, 0.3) is 16.7 Å². The van der Waals surface area contributed by atoms with Gasteiger partial charge in [0.1, 0.15) is 12.0 Å². The van der Waals surface area contributed by atoms with Crippen LogP contribution in [0.5, 0.6) is 0 Å². The summed E-state index contributed by atoms with van der Waals surface area (Å²) in [5, 5.41) is 0. The third kappa shape index (κ3) is 2.49. The standard InChI is InChI=1S/C29H24N4/c1-19-16-17-24-22(18-28-30-23-12-6-7-13-25(23)33(24)28)29(19)32-20(2)31(21-10-4-3-5-11-21)26-14-8-9-15-27(26)32/h3-17,20H,18H2,1-2H3/t20-/m0/s1. The largest absolute Gasteiger partial charge is 0.319 e. The van der Waals surface area contributed by atoms with E-state index in [2.05, 4.69) is 119 Å². The Morgan fingerprint density at radius 1 is 0.727 bits per heavy atom. The molecule has 5 aromatic rings. The SMILES string of the molecule is Cc1ccc2c(c1N1c3ccccc3N(c3ccccc3)[C@@H]1C)Cc1nc3ccccc3n1-2. The summed E-state index contributed by atoms with van der Waals surface area (Å²) in [6.07, 6.45) is 0.997. The Balaban J connectivity index is 1.44. The molecule has 4 nitrogen and oxygen atoms in total. The van der Waals surface area contributed by atoms with Crippen LogP contribution >= 0.6 is 0 Å². The first kappa shape index (κ1) is 18.5. The molecule has 0 amide bonds. The van der Waals surface area contributed by atoms with Crippen molar-refractivity contribution in [2.75, 3.05) is 9.80 Å². The second kappa shape index (κ2) is 6.72. The molecule has 0 radical (unpaired) electrons. The highest BCUT2D eigenvalue weighted by molar-refractivity contribution is 5.91. The minimum Gasteiger partial charge on any atom is -0.319 e. The molecule has 1 atom stereocenters. The molecule has 160 valence electrons. The van der Waals surface area contributed by atoms with Crippen molar-refractivity contribution in [2.24, 2.45) is 0 Å². The molecule has 0 saturated carbocycles. The Hall–Kier alpha value is -4.05. The van der Waals surface area contributed by atoms with Gasteiger partial charge < -0.3 is 9.80 Å². The van der Waals surface area contributed by atoms with Gasteiger partial charge in [-0.25, -0.2) is 4.98 Å². The van der Waals surface area contributed by atoms with Gasteiger partial charge in [-0.15, -0.1) is 0 Å². The number of hydrogen-bond donors (Lipinski definition) is 0. The summed E-state index contributed by atoms with van der Waals surface area (Å²) in [6.45, 7) is 4.53. The maximum Gasteiger partial charge on any atom is 0.119 e. The van der Waals surface area contributed by atoms with Gasteiger partial charge in [0.05, 0.1) is 33.8 Å². The highest BCUT2D eigenvalue weighted by atomic mass is 15.4. The van der Waals surface area contributed by atoms with Gasteiger partial charge in [0.25, 0.3) is 0 Å². The summed E-state index contributed by atoms with van der Waals surface area (Å²) in [6, 6.07) is 32.4. The van der Waals surface area contributed by atoms with Gasteiger partial charge in [0.2, 0.25) is 0 Å². The van der Waals surface area contributed by atoms with E-state index in [-0.39, 0.29) is 6.17 Å². The van der Waals surface area contributed by atoms with E-state index in [0.717, 1.165) is 17.8 Å². The number of aromatic nitrogens is 2. The fraction of sp³-hybridized carbons (Fsp3) is 0.138. The number of anilines is 4. The predicted molar refractivity (Wildman–Crippen MR) is 135 cm³/mol. The minimum atomic E-state index is 0.152. The number of hydrogen-bond acceptors (Lipinski definition) is 3. The third-order valence-electron chi connectivity index (χ3n) is 7.09. The molecule has 0 spiro atoms. The summed E-state index contributed by atoms with van der Waals surface area (Å²) in [5.74, 6) is 1.12. The fourth-order valence-corrected chi connectivity index (χ4v) is 5.72. The Kier molecular flexibility index (Phi) is 3.77. The lowest BCUT2D eigenvalue weighted by atomic mass is 10.0. The number of benzene rings is 4. The summed E-state index contributed by atoms with van der Waals surface area (Å²) in [7, 11) is 0. The van der Waals surface area contributed by atoms with Crippen molar-refractivity contribution in [3.8, 4) is 5.69 Å². The molecule has 0 fully saturated rings. The van der Waals surface area contributed by atoms with Crippen molar-refractivity contribution in [3.05, 3.63) is 108 Å². The molecule has 0 saturated heterocycles. The molecule has 0 unspecified atom stereocenters. The van der Waals surface area contributed by atoms with Crippen LogP contribution < -0.4 is 9.80 Å². The molecular formula is C29H24N4. The van der Waals surface area contributed by atoms with E-state index in [4.69, 9.17) is 4.98 Å². The van der Waals surface area contributed by atoms with Crippen molar-refractivity contribution in [1.82, 2.24) is 9.55 Å². The van der Waals surface area contributed by atoms with Gasteiger partial charge in [-0.2, -0.15) is 0 Å². The first-order valence-electron chi connectivity index (χ1n) is 11.5. The molecule has 4 heteroatoms. The van der Waals surface area contributed by atoms with E-state index in [9.17, 15) is 0 Å². The first-order valence-corrected chi connectivity index (χ1v) is 11.5. The zero-order valence-corrected chi connectivity index (χ0v) is 18.7. The smallest absolute Gasteiger partial charge is 0.119 e. The lowest BCUT2D eigenvalue weighted by molar-refractivity contribution is 0.757. The zero-order valence-electron chi connectivity index (χ0n) is 18.7. The number of nitrogens with zero attached hydrogens (tertiary/aromatic N) is 4. The van der Waals surface area contributed by atoms with Crippen LogP contribution in [0.3, 0.4) is 0 Å². The molecule has 4 aromatic carbocycles. The van der Waals surface area contributed by atoms with Crippen molar-refractivity contribution in [2.45, 2.75) is 26.4 Å². The molecule has 3 heterocycles. The maximum absolute atomic E-state index is 4.97. The predicted octanol–water partition coefficient (Wildman–Crippen LogP) is 6.87. The Labute approximate surface area is 193 Å². The Morgan fingerprint density at radius 2 is 1.42 bits per heavy atom. The van der Waals surface area contributed by atoms with Crippen molar-refractivity contribution < 1.29 is 0 Å². The van der Waals surface area contributed by atoms with Crippen molar-refractivity contribution >= 4 is 33.8 Å². The van der Waals surface area contributed by atoms with Crippen molar-refractivity contribution in [3.63, 3.8) is 0 Å². The van der Waals surface area contributed by atoms with E-state index in [0.29, 0.717) is 0 Å². The molecule has 7 rings (SSSR count). The minimum absolute atomic E-state index is 0.152. The molecule has 0 bridgehead atoms. The second-order valence-corrected chi connectivity index (χ2v) is 8.95. The van der Waals surface area contributed by atoms with E-state index in [1.807, 2.05) is 0 Å². The first-order chi connectivity index (χ1) is 16.2. The van der Waals surface area contributed by atoms with E-state index >= 15 is 0 Å². The number of imidazole rings is 1. The van der Waals surface area contributed by atoms with Crippen LogP contribution in [0.2, 0.25) is 0 Å². The lowest BCUT2D eigenvalue weighted by Gasteiger charge is -2.32. The lowest BCUT2D eigenvalue weighted by Crippen LogP contribution is -2.36. The number of para-hydroxylation sites is 5. The van der Waals surface area contributed by atoms with Crippen LogP contribution in [0, 0.1) is 6.92 Å². The average molecular weight is 429 g/mol. The topological polar surface area (TPSA) is 24.3 Å².